The van der Waals surface area contributed by atoms with E-state index in [1.165, 1.54) is 0 Å². The van der Waals surface area contributed by atoms with Crippen molar-refractivity contribution in [1.82, 2.24) is 0 Å². The average molecular weight is 214 g/mol. The Hall–Kier alpha value is -1.96. The molecule has 0 aliphatic rings. The predicted molar refractivity (Wildman–Crippen MR) is 46.1 cm³/mol. The van der Waals surface area contributed by atoms with Gasteiger partial charge in [-0.2, -0.15) is 13.2 Å². The zero-order valence-electron chi connectivity index (χ0n) is 7.30. The molecule has 0 saturated heterocycles. The summed E-state index contributed by atoms with van der Waals surface area (Å²) >= 11 is 0. The van der Waals surface area contributed by atoms with Gasteiger partial charge in [0.25, 0.3) is 0 Å². The van der Waals surface area contributed by atoms with Crippen LogP contribution in [-0.4, -0.2) is 11.4 Å². The number of phenolic OH excluding ortho intramolecular Hbond substituents is 1. The minimum atomic E-state index is -4.51. The standard InChI is InChI=1S/C10H5F3O2/c11-10(12,13)8-4-3-7(2-1-5-14)9(15)6-8/h3-6,15H. The molecule has 0 bridgehead atoms. The number of aldehydes is 1. The molecular formula is C10H5F3O2. The van der Waals surface area contributed by atoms with Gasteiger partial charge in [0.05, 0.1) is 11.1 Å². The monoisotopic (exact) mass is 214 g/mol. The fourth-order valence-corrected chi connectivity index (χ4v) is 0.921. The number of benzene rings is 1. The Kier molecular flexibility index (Phi) is 3.00. The van der Waals surface area contributed by atoms with E-state index in [4.69, 9.17) is 5.11 Å². The van der Waals surface area contributed by atoms with Crippen LogP contribution in [0.25, 0.3) is 0 Å². The number of carbonyl (C=O) groups is 1. The van der Waals surface area contributed by atoms with Crippen LogP contribution < -0.4 is 0 Å². The SMILES string of the molecule is O=CC#Cc1ccc(C(F)(F)F)cc1O. The zero-order chi connectivity index (χ0) is 11.5. The lowest BCUT2D eigenvalue weighted by atomic mass is 10.1. The molecule has 0 aliphatic carbocycles. The maximum atomic E-state index is 12.1. The van der Waals surface area contributed by atoms with E-state index in [9.17, 15) is 18.0 Å². The maximum Gasteiger partial charge on any atom is 0.416 e. The number of rotatable bonds is 0. The van der Waals surface area contributed by atoms with Gasteiger partial charge in [-0.15, -0.1) is 0 Å². The Bertz CT molecular complexity index is 438. The maximum absolute atomic E-state index is 12.1. The summed E-state index contributed by atoms with van der Waals surface area (Å²) in [5.41, 5.74) is -0.980. The minimum Gasteiger partial charge on any atom is -0.507 e. The van der Waals surface area contributed by atoms with Crippen LogP contribution in [0.15, 0.2) is 18.2 Å². The van der Waals surface area contributed by atoms with Crippen molar-refractivity contribution in [1.29, 1.82) is 0 Å². The number of phenols is 1. The van der Waals surface area contributed by atoms with Crippen molar-refractivity contribution in [3.8, 4) is 17.6 Å². The summed E-state index contributed by atoms with van der Waals surface area (Å²) in [6.45, 7) is 0. The predicted octanol–water partition coefficient (Wildman–Crippen LogP) is 1.96. The third-order valence-electron chi connectivity index (χ3n) is 1.59. The van der Waals surface area contributed by atoms with Crippen LogP contribution in [-0.2, 0) is 11.0 Å². The molecule has 0 spiro atoms. The number of alkyl halides is 3. The van der Waals surface area contributed by atoms with Gasteiger partial charge in [0, 0.05) is 0 Å². The van der Waals surface area contributed by atoms with Crippen LogP contribution in [0.5, 0.6) is 5.75 Å². The Balaban J connectivity index is 3.14. The van der Waals surface area contributed by atoms with E-state index >= 15 is 0 Å². The van der Waals surface area contributed by atoms with Crippen molar-refractivity contribution in [2.24, 2.45) is 0 Å². The van der Waals surface area contributed by atoms with Crippen LogP contribution >= 0.6 is 0 Å². The molecular weight excluding hydrogens is 209 g/mol. The molecule has 1 N–H and O–H groups in total. The smallest absolute Gasteiger partial charge is 0.416 e. The second kappa shape index (κ2) is 4.05. The van der Waals surface area contributed by atoms with E-state index in [-0.39, 0.29) is 11.8 Å². The highest BCUT2D eigenvalue weighted by Crippen LogP contribution is 2.32. The molecule has 0 atom stereocenters. The van der Waals surface area contributed by atoms with Crippen molar-refractivity contribution >= 4 is 6.29 Å². The average Bonchev–Trinajstić information content (AvgIpc) is 2.14. The zero-order valence-corrected chi connectivity index (χ0v) is 7.30. The first-order chi connectivity index (χ1) is 6.95. The number of hydrogen-bond acceptors (Lipinski definition) is 2. The van der Waals surface area contributed by atoms with Crippen molar-refractivity contribution in [3.05, 3.63) is 29.3 Å². The van der Waals surface area contributed by atoms with Gasteiger partial charge in [-0.25, -0.2) is 0 Å². The highest BCUT2D eigenvalue weighted by molar-refractivity contribution is 5.74. The summed E-state index contributed by atoms with van der Waals surface area (Å²) in [6.07, 6.45) is -4.22. The molecule has 0 heterocycles. The first-order valence-corrected chi connectivity index (χ1v) is 3.80. The number of carbonyl (C=O) groups excluding carboxylic acids is 1. The molecule has 5 heteroatoms. The quantitative estimate of drug-likeness (QED) is 0.529. The van der Waals surface area contributed by atoms with Crippen LogP contribution in [0, 0.1) is 11.8 Å². The lowest BCUT2D eigenvalue weighted by Gasteiger charge is -2.07. The molecule has 1 aromatic carbocycles. The van der Waals surface area contributed by atoms with Crippen molar-refractivity contribution in [2.75, 3.05) is 0 Å². The molecule has 2 nitrogen and oxygen atoms in total. The summed E-state index contributed by atoms with van der Waals surface area (Å²) < 4.78 is 36.4. The third-order valence-corrected chi connectivity index (χ3v) is 1.59. The molecule has 0 fully saturated rings. The molecule has 15 heavy (non-hydrogen) atoms. The minimum absolute atomic E-state index is 0.0184. The second-order valence-corrected chi connectivity index (χ2v) is 2.62. The first-order valence-electron chi connectivity index (χ1n) is 3.80. The van der Waals surface area contributed by atoms with Crippen LogP contribution in [0.2, 0.25) is 0 Å². The van der Waals surface area contributed by atoms with E-state index in [2.05, 4.69) is 5.92 Å². The Morgan fingerprint density at radius 1 is 1.33 bits per heavy atom. The Labute approximate surface area is 83.3 Å². The molecule has 78 valence electrons. The summed E-state index contributed by atoms with van der Waals surface area (Å²) in [4.78, 5) is 9.88. The van der Waals surface area contributed by atoms with Gasteiger partial charge in [0.1, 0.15) is 5.75 Å². The molecule has 1 aromatic rings. The first kappa shape index (κ1) is 11.1. The van der Waals surface area contributed by atoms with Gasteiger partial charge in [-0.05, 0) is 24.1 Å². The van der Waals surface area contributed by atoms with Crippen molar-refractivity contribution < 1.29 is 23.1 Å². The molecule has 0 aromatic heterocycles. The molecule has 0 unspecified atom stereocenters. The van der Waals surface area contributed by atoms with E-state index in [0.29, 0.717) is 6.07 Å². The summed E-state index contributed by atoms with van der Waals surface area (Å²) in [5.74, 6) is 3.60. The fourth-order valence-electron chi connectivity index (χ4n) is 0.921. The molecule has 1 rings (SSSR count). The van der Waals surface area contributed by atoms with Gasteiger partial charge in [-0.3, -0.25) is 4.79 Å². The highest BCUT2D eigenvalue weighted by atomic mass is 19.4. The van der Waals surface area contributed by atoms with Gasteiger partial charge in [-0.1, -0.05) is 5.92 Å². The van der Waals surface area contributed by atoms with E-state index < -0.39 is 17.5 Å². The number of hydrogen-bond donors (Lipinski definition) is 1. The third kappa shape index (κ3) is 2.74. The summed E-state index contributed by atoms with van der Waals surface area (Å²) in [7, 11) is 0. The van der Waals surface area contributed by atoms with Gasteiger partial charge >= 0.3 is 6.18 Å². The topological polar surface area (TPSA) is 37.3 Å². The number of aromatic hydroxyl groups is 1. The lowest BCUT2D eigenvalue weighted by Crippen LogP contribution is -2.04. The van der Waals surface area contributed by atoms with Gasteiger partial charge in [0.2, 0.25) is 0 Å². The van der Waals surface area contributed by atoms with E-state index in [1.807, 2.05) is 5.92 Å². The molecule has 0 amide bonds. The van der Waals surface area contributed by atoms with Gasteiger partial charge < -0.3 is 5.11 Å². The second-order valence-electron chi connectivity index (χ2n) is 2.62. The van der Waals surface area contributed by atoms with Crippen molar-refractivity contribution in [2.45, 2.75) is 6.18 Å². The Morgan fingerprint density at radius 3 is 2.47 bits per heavy atom. The molecule has 0 radical (unpaired) electrons. The van der Waals surface area contributed by atoms with Gasteiger partial charge in [0.15, 0.2) is 6.29 Å². The van der Waals surface area contributed by atoms with E-state index in [1.54, 1.807) is 0 Å². The normalized spacial score (nSPS) is 10.3. The summed E-state index contributed by atoms with van der Waals surface area (Å²) in [5, 5.41) is 9.16. The van der Waals surface area contributed by atoms with Crippen molar-refractivity contribution in [3.63, 3.8) is 0 Å². The summed E-state index contributed by atoms with van der Waals surface area (Å²) in [6, 6.07) is 2.36. The van der Waals surface area contributed by atoms with E-state index in [0.717, 1.165) is 12.1 Å². The fraction of sp³-hybridized carbons (Fsp3) is 0.100. The van der Waals surface area contributed by atoms with Crippen LogP contribution in [0.1, 0.15) is 11.1 Å². The van der Waals surface area contributed by atoms with Crippen LogP contribution in [0.4, 0.5) is 13.2 Å². The Morgan fingerprint density at radius 2 is 2.00 bits per heavy atom. The largest absolute Gasteiger partial charge is 0.507 e. The highest BCUT2D eigenvalue weighted by Gasteiger charge is 2.30. The van der Waals surface area contributed by atoms with Crippen LogP contribution in [0.3, 0.4) is 0 Å². The number of halogens is 3. The molecule has 0 aliphatic heterocycles. The lowest BCUT2D eigenvalue weighted by molar-refractivity contribution is -0.137. The molecule has 0 saturated carbocycles.